The summed E-state index contributed by atoms with van der Waals surface area (Å²) in [5.74, 6) is 1.40. The molecule has 0 aliphatic heterocycles. The number of fused-ring (bicyclic) bond motifs is 2. The lowest BCUT2D eigenvalue weighted by atomic mass is 10.0. The predicted molar refractivity (Wildman–Crippen MR) is 121 cm³/mol. The normalized spacial score (nSPS) is 11.4. The van der Waals surface area contributed by atoms with Gasteiger partial charge in [-0.15, -0.1) is 0 Å². The zero-order chi connectivity index (χ0) is 21.7. The van der Waals surface area contributed by atoms with Gasteiger partial charge in [-0.3, -0.25) is 0 Å². The molecule has 4 aromatic carbocycles. The maximum atomic E-state index is 9.49. The van der Waals surface area contributed by atoms with Gasteiger partial charge in [0, 0.05) is 11.1 Å². The van der Waals surface area contributed by atoms with E-state index < -0.39 is 0 Å². The van der Waals surface area contributed by atoms with Crippen LogP contribution in [-0.2, 0) is 0 Å². The highest BCUT2D eigenvalue weighted by Crippen LogP contribution is 2.32. The van der Waals surface area contributed by atoms with Crippen molar-refractivity contribution in [1.29, 1.82) is 0 Å². The van der Waals surface area contributed by atoms with E-state index in [1.807, 2.05) is 36.4 Å². The summed E-state index contributed by atoms with van der Waals surface area (Å²) in [4.78, 5) is 9.22. The zero-order valence-electron chi connectivity index (χ0n) is 16.7. The molecular formula is C26H16N2O4. The lowest BCUT2D eigenvalue weighted by Crippen LogP contribution is -1.80. The Morgan fingerprint density at radius 1 is 0.469 bits per heavy atom. The molecule has 32 heavy (non-hydrogen) atoms. The van der Waals surface area contributed by atoms with Gasteiger partial charge in [0.2, 0.25) is 11.8 Å². The maximum Gasteiger partial charge on any atom is 0.227 e. The summed E-state index contributed by atoms with van der Waals surface area (Å²) in [7, 11) is 0. The molecule has 2 aromatic heterocycles. The quantitative estimate of drug-likeness (QED) is 0.345. The summed E-state index contributed by atoms with van der Waals surface area (Å²) in [5, 5.41) is 19.0. The Balaban J connectivity index is 1.37. The highest BCUT2D eigenvalue weighted by molar-refractivity contribution is 5.86. The molecule has 0 atom stereocenters. The van der Waals surface area contributed by atoms with Crippen molar-refractivity contribution in [1.82, 2.24) is 9.97 Å². The molecule has 6 nitrogen and oxygen atoms in total. The van der Waals surface area contributed by atoms with Crippen LogP contribution in [0.2, 0.25) is 0 Å². The summed E-state index contributed by atoms with van der Waals surface area (Å²) in [6.07, 6.45) is 0. The molecule has 0 bridgehead atoms. The second-order valence-electron chi connectivity index (χ2n) is 7.50. The molecule has 0 saturated heterocycles. The Labute approximate surface area is 182 Å². The number of oxazole rings is 2. The molecule has 2 heterocycles. The summed E-state index contributed by atoms with van der Waals surface area (Å²) in [6.45, 7) is 0. The maximum absolute atomic E-state index is 9.49. The molecule has 0 saturated carbocycles. The molecule has 0 amide bonds. The number of aromatic nitrogens is 2. The number of phenolic OH excluding ortho intramolecular Hbond substituents is 2. The Hall–Kier alpha value is -4.58. The Kier molecular flexibility index (Phi) is 3.98. The van der Waals surface area contributed by atoms with E-state index in [0.29, 0.717) is 22.9 Å². The van der Waals surface area contributed by atoms with Crippen molar-refractivity contribution in [2.24, 2.45) is 0 Å². The fourth-order valence-corrected chi connectivity index (χ4v) is 3.67. The molecule has 0 radical (unpaired) electrons. The first-order valence-corrected chi connectivity index (χ1v) is 10.0. The van der Waals surface area contributed by atoms with Gasteiger partial charge in [-0.2, -0.15) is 0 Å². The number of aromatic hydroxyl groups is 2. The van der Waals surface area contributed by atoms with Gasteiger partial charge in [-0.25, -0.2) is 9.97 Å². The minimum Gasteiger partial charge on any atom is -0.508 e. The van der Waals surface area contributed by atoms with Gasteiger partial charge in [0.25, 0.3) is 0 Å². The highest BCUT2D eigenvalue weighted by atomic mass is 16.4. The van der Waals surface area contributed by atoms with Crippen LogP contribution in [0.4, 0.5) is 0 Å². The van der Waals surface area contributed by atoms with Crippen molar-refractivity contribution in [2.75, 3.05) is 0 Å². The number of benzene rings is 4. The molecule has 0 aliphatic rings. The van der Waals surface area contributed by atoms with Crippen molar-refractivity contribution in [3.05, 3.63) is 84.9 Å². The largest absolute Gasteiger partial charge is 0.508 e. The predicted octanol–water partition coefficient (Wildman–Crippen LogP) is 6.38. The van der Waals surface area contributed by atoms with Gasteiger partial charge in [-0.1, -0.05) is 12.1 Å². The van der Waals surface area contributed by atoms with E-state index in [4.69, 9.17) is 8.83 Å². The number of hydrogen-bond donors (Lipinski definition) is 2. The summed E-state index contributed by atoms with van der Waals surface area (Å²) < 4.78 is 11.8. The topological polar surface area (TPSA) is 92.5 Å². The number of nitrogens with zero attached hydrogens (tertiary/aromatic N) is 2. The monoisotopic (exact) mass is 420 g/mol. The van der Waals surface area contributed by atoms with Crippen LogP contribution in [0.15, 0.2) is 93.8 Å². The van der Waals surface area contributed by atoms with Gasteiger partial charge >= 0.3 is 0 Å². The zero-order valence-corrected chi connectivity index (χ0v) is 16.7. The molecule has 0 unspecified atom stereocenters. The third kappa shape index (κ3) is 3.15. The van der Waals surface area contributed by atoms with E-state index in [-0.39, 0.29) is 11.5 Å². The average Bonchev–Trinajstić information content (AvgIpc) is 3.43. The molecule has 0 fully saturated rings. The molecule has 154 valence electrons. The third-order valence-electron chi connectivity index (χ3n) is 5.34. The van der Waals surface area contributed by atoms with E-state index in [0.717, 1.165) is 33.3 Å². The smallest absolute Gasteiger partial charge is 0.227 e. The first kappa shape index (κ1) is 18.2. The van der Waals surface area contributed by atoms with E-state index in [1.54, 1.807) is 48.5 Å². The lowest BCUT2D eigenvalue weighted by molar-refractivity contribution is 0.474. The molecular weight excluding hydrogens is 404 g/mol. The molecule has 6 aromatic rings. The molecule has 2 N–H and O–H groups in total. The van der Waals surface area contributed by atoms with E-state index in [1.165, 1.54) is 0 Å². The Bertz CT molecular complexity index is 1460. The fourth-order valence-electron chi connectivity index (χ4n) is 3.67. The first-order chi connectivity index (χ1) is 15.6. The van der Waals surface area contributed by atoms with Gasteiger partial charge in [-0.05, 0) is 83.9 Å². The van der Waals surface area contributed by atoms with Crippen molar-refractivity contribution in [2.45, 2.75) is 0 Å². The second-order valence-corrected chi connectivity index (χ2v) is 7.50. The minimum absolute atomic E-state index is 0.198. The van der Waals surface area contributed by atoms with Crippen LogP contribution >= 0.6 is 0 Å². The van der Waals surface area contributed by atoms with Crippen LogP contribution in [0.5, 0.6) is 11.5 Å². The summed E-state index contributed by atoms with van der Waals surface area (Å²) >= 11 is 0. The van der Waals surface area contributed by atoms with Crippen LogP contribution in [0, 0.1) is 0 Å². The van der Waals surface area contributed by atoms with Crippen molar-refractivity contribution in [3.8, 4) is 45.5 Å². The summed E-state index contributed by atoms with van der Waals surface area (Å²) in [6, 6.07) is 25.2. The second kappa shape index (κ2) is 6.99. The van der Waals surface area contributed by atoms with E-state index in [9.17, 15) is 10.2 Å². The standard InChI is InChI=1S/C26H16N2O4/c29-19-7-1-15(2-8-19)25-27-21-13-17(5-11-23(21)31-25)18-6-12-24-22(14-18)28-26(32-24)16-3-9-20(30)10-4-16/h1-14,29-30H. The number of phenols is 2. The fraction of sp³-hybridized carbons (Fsp3) is 0. The highest BCUT2D eigenvalue weighted by Gasteiger charge is 2.12. The molecule has 6 heteroatoms. The summed E-state index contributed by atoms with van der Waals surface area (Å²) in [5.41, 5.74) is 6.44. The van der Waals surface area contributed by atoms with Crippen molar-refractivity contribution >= 4 is 22.2 Å². The molecule has 6 rings (SSSR count). The van der Waals surface area contributed by atoms with Gasteiger partial charge in [0.1, 0.15) is 22.5 Å². The van der Waals surface area contributed by atoms with Crippen molar-refractivity contribution in [3.63, 3.8) is 0 Å². The SMILES string of the molecule is Oc1ccc(-c2nc3cc(-c4ccc5oc(-c6ccc(O)cc6)nc5c4)ccc3o2)cc1. The van der Waals surface area contributed by atoms with Crippen LogP contribution in [0.3, 0.4) is 0 Å². The third-order valence-corrected chi connectivity index (χ3v) is 5.34. The van der Waals surface area contributed by atoms with Gasteiger partial charge in [0.15, 0.2) is 11.2 Å². The number of rotatable bonds is 3. The minimum atomic E-state index is 0.198. The van der Waals surface area contributed by atoms with Crippen LogP contribution in [0.1, 0.15) is 0 Å². The van der Waals surface area contributed by atoms with Gasteiger partial charge in [0.05, 0.1) is 0 Å². The van der Waals surface area contributed by atoms with Gasteiger partial charge < -0.3 is 19.0 Å². The Morgan fingerprint density at radius 2 is 0.844 bits per heavy atom. The van der Waals surface area contributed by atoms with E-state index in [2.05, 4.69) is 9.97 Å². The molecule has 0 spiro atoms. The first-order valence-electron chi connectivity index (χ1n) is 10.0. The lowest BCUT2D eigenvalue weighted by Gasteiger charge is -2.00. The Morgan fingerprint density at radius 3 is 1.25 bits per heavy atom. The van der Waals surface area contributed by atoms with Crippen LogP contribution < -0.4 is 0 Å². The van der Waals surface area contributed by atoms with Crippen LogP contribution in [0.25, 0.3) is 56.2 Å². The van der Waals surface area contributed by atoms with E-state index >= 15 is 0 Å². The van der Waals surface area contributed by atoms with Crippen molar-refractivity contribution < 1.29 is 19.0 Å². The average molecular weight is 420 g/mol. The number of hydrogen-bond acceptors (Lipinski definition) is 6. The van der Waals surface area contributed by atoms with Crippen LogP contribution in [-0.4, -0.2) is 20.2 Å². The molecule has 0 aliphatic carbocycles.